The molecule has 2 amide bonds. The maximum absolute atomic E-state index is 13.2. The molecular weight excluding hydrogens is 303 g/mol. The second-order valence-electron chi connectivity index (χ2n) is 3.46. The van der Waals surface area contributed by atoms with Crippen LogP contribution in [0.4, 0.5) is 14.9 Å². The van der Waals surface area contributed by atoms with E-state index in [9.17, 15) is 9.18 Å². The molecule has 0 fully saturated rings. The van der Waals surface area contributed by atoms with Crippen molar-refractivity contribution >= 4 is 33.6 Å². The number of hydrogen-bond acceptors (Lipinski definition) is 2. The molecule has 0 aliphatic rings. The minimum absolute atomic E-state index is 0.00350. The van der Waals surface area contributed by atoms with Crippen LogP contribution in [-0.4, -0.2) is 19.0 Å². The van der Waals surface area contributed by atoms with Gasteiger partial charge in [0.1, 0.15) is 5.82 Å². The van der Waals surface area contributed by atoms with Gasteiger partial charge in [-0.1, -0.05) is 6.92 Å². The highest BCUT2D eigenvalue weighted by Gasteiger charge is 2.11. The number of guanidine groups is 1. The summed E-state index contributed by atoms with van der Waals surface area (Å²) in [5.74, 6) is -0.358. The van der Waals surface area contributed by atoms with Crippen LogP contribution in [-0.2, 0) is 6.42 Å². The summed E-state index contributed by atoms with van der Waals surface area (Å²) < 4.78 is 13.7. The summed E-state index contributed by atoms with van der Waals surface area (Å²) in [5, 5.41) is 4.93. The molecule has 0 saturated heterocycles. The van der Waals surface area contributed by atoms with E-state index in [0.29, 0.717) is 22.1 Å². The van der Waals surface area contributed by atoms with Gasteiger partial charge in [0.15, 0.2) is 5.96 Å². The van der Waals surface area contributed by atoms with Gasteiger partial charge in [0.25, 0.3) is 0 Å². The Kier molecular flexibility index (Phi) is 5.08. The molecule has 5 nitrogen and oxygen atoms in total. The lowest BCUT2D eigenvalue weighted by molar-refractivity contribution is 0.256. The van der Waals surface area contributed by atoms with Gasteiger partial charge < -0.3 is 11.1 Å². The van der Waals surface area contributed by atoms with Gasteiger partial charge in [0.2, 0.25) is 0 Å². The third kappa shape index (κ3) is 3.69. The zero-order valence-corrected chi connectivity index (χ0v) is 11.6. The smallest absolute Gasteiger partial charge is 0.326 e. The molecule has 7 heteroatoms. The van der Waals surface area contributed by atoms with Crippen molar-refractivity contribution in [1.82, 2.24) is 5.32 Å². The number of nitrogens with zero attached hydrogens (tertiary/aromatic N) is 1. The van der Waals surface area contributed by atoms with Crippen molar-refractivity contribution < 1.29 is 9.18 Å². The van der Waals surface area contributed by atoms with Crippen LogP contribution in [0.3, 0.4) is 0 Å². The molecular formula is C11H14BrFN4O. The van der Waals surface area contributed by atoms with E-state index in [1.54, 1.807) is 0 Å². The Morgan fingerprint density at radius 3 is 2.78 bits per heavy atom. The van der Waals surface area contributed by atoms with E-state index in [-0.39, 0.29) is 11.8 Å². The van der Waals surface area contributed by atoms with Crippen LogP contribution in [0, 0.1) is 5.82 Å². The second kappa shape index (κ2) is 6.34. The Morgan fingerprint density at radius 1 is 1.56 bits per heavy atom. The van der Waals surface area contributed by atoms with Gasteiger partial charge in [0.05, 0.1) is 5.69 Å². The van der Waals surface area contributed by atoms with Gasteiger partial charge in [-0.25, -0.2) is 9.18 Å². The summed E-state index contributed by atoms with van der Waals surface area (Å²) in [7, 11) is 1.46. The van der Waals surface area contributed by atoms with Crippen molar-refractivity contribution in [2.45, 2.75) is 13.3 Å². The first-order valence-corrected chi connectivity index (χ1v) is 6.05. The molecule has 0 atom stereocenters. The molecule has 0 aromatic heterocycles. The fourth-order valence-electron chi connectivity index (χ4n) is 1.36. The van der Waals surface area contributed by atoms with Gasteiger partial charge in [-0.05, 0) is 40.0 Å². The van der Waals surface area contributed by atoms with E-state index in [1.807, 2.05) is 6.92 Å². The van der Waals surface area contributed by atoms with Crippen LogP contribution in [0.2, 0.25) is 0 Å². The monoisotopic (exact) mass is 316 g/mol. The summed E-state index contributed by atoms with van der Waals surface area (Å²) >= 11 is 3.21. The Morgan fingerprint density at radius 2 is 2.22 bits per heavy atom. The maximum atomic E-state index is 13.2. The quantitative estimate of drug-likeness (QED) is 0.577. The first kappa shape index (κ1) is 14.4. The van der Waals surface area contributed by atoms with Crippen LogP contribution < -0.4 is 16.4 Å². The lowest BCUT2D eigenvalue weighted by atomic mass is 10.1. The van der Waals surface area contributed by atoms with E-state index in [4.69, 9.17) is 5.73 Å². The van der Waals surface area contributed by atoms with Crippen molar-refractivity contribution in [2.75, 3.05) is 12.4 Å². The SMILES string of the molecule is CCc1cc(F)cc(Br)c1NC(=O)NC(N)=NC. The molecule has 98 valence electrons. The van der Waals surface area contributed by atoms with Crippen molar-refractivity contribution in [3.63, 3.8) is 0 Å². The molecule has 4 N–H and O–H groups in total. The molecule has 0 aliphatic carbocycles. The average molecular weight is 317 g/mol. The minimum atomic E-state index is -0.528. The summed E-state index contributed by atoms with van der Waals surface area (Å²) in [6, 6.07) is 2.13. The minimum Gasteiger partial charge on any atom is -0.370 e. The van der Waals surface area contributed by atoms with Gasteiger partial charge in [-0.2, -0.15) is 0 Å². The van der Waals surface area contributed by atoms with E-state index in [1.165, 1.54) is 19.2 Å². The molecule has 0 saturated carbocycles. The number of aryl methyl sites for hydroxylation is 1. The molecule has 1 rings (SSSR count). The number of benzene rings is 1. The van der Waals surface area contributed by atoms with Crippen LogP contribution in [0.5, 0.6) is 0 Å². The van der Waals surface area contributed by atoms with Crippen LogP contribution in [0.15, 0.2) is 21.6 Å². The van der Waals surface area contributed by atoms with Crippen LogP contribution >= 0.6 is 15.9 Å². The Hall–Kier alpha value is -1.63. The van der Waals surface area contributed by atoms with Crippen LogP contribution in [0.1, 0.15) is 12.5 Å². The largest absolute Gasteiger partial charge is 0.370 e. The molecule has 1 aromatic carbocycles. The highest BCUT2D eigenvalue weighted by Crippen LogP contribution is 2.28. The topological polar surface area (TPSA) is 79.5 Å². The summed E-state index contributed by atoms with van der Waals surface area (Å²) in [6.45, 7) is 1.87. The molecule has 18 heavy (non-hydrogen) atoms. The Labute approximate surface area is 113 Å². The van der Waals surface area contributed by atoms with Gasteiger partial charge in [-0.15, -0.1) is 0 Å². The highest BCUT2D eigenvalue weighted by atomic mass is 79.9. The number of amides is 2. The zero-order valence-electron chi connectivity index (χ0n) is 10.1. The third-order valence-electron chi connectivity index (χ3n) is 2.24. The predicted molar refractivity (Wildman–Crippen MR) is 73.2 cm³/mol. The Balaban J connectivity index is 2.93. The average Bonchev–Trinajstić information content (AvgIpc) is 2.31. The predicted octanol–water partition coefficient (Wildman–Crippen LogP) is 2.22. The van der Waals surface area contributed by atoms with Crippen molar-refractivity contribution in [3.8, 4) is 0 Å². The number of aliphatic imine (C=N–C) groups is 1. The maximum Gasteiger partial charge on any atom is 0.326 e. The molecule has 0 bridgehead atoms. The number of nitrogens with one attached hydrogen (secondary N) is 2. The number of urea groups is 1. The van der Waals surface area contributed by atoms with E-state index in [0.717, 1.165) is 0 Å². The molecule has 0 radical (unpaired) electrons. The number of anilines is 1. The van der Waals surface area contributed by atoms with E-state index >= 15 is 0 Å². The number of rotatable bonds is 2. The van der Waals surface area contributed by atoms with E-state index in [2.05, 4.69) is 31.6 Å². The normalized spacial score (nSPS) is 11.2. The zero-order chi connectivity index (χ0) is 13.7. The van der Waals surface area contributed by atoms with Gasteiger partial charge in [-0.3, -0.25) is 10.3 Å². The second-order valence-corrected chi connectivity index (χ2v) is 4.32. The number of carbonyl (C=O) groups excluding carboxylic acids is 1. The lowest BCUT2D eigenvalue weighted by Crippen LogP contribution is -2.39. The number of nitrogens with two attached hydrogens (primary N) is 1. The molecule has 0 aliphatic heterocycles. The molecule has 1 aromatic rings. The van der Waals surface area contributed by atoms with E-state index < -0.39 is 6.03 Å². The number of carbonyl (C=O) groups is 1. The van der Waals surface area contributed by atoms with Crippen molar-refractivity contribution in [3.05, 3.63) is 28.0 Å². The first-order valence-electron chi connectivity index (χ1n) is 5.26. The van der Waals surface area contributed by atoms with Gasteiger partial charge in [0, 0.05) is 11.5 Å². The summed E-state index contributed by atoms with van der Waals surface area (Å²) in [6.07, 6.45) is 0.587. The fraction of sp³-hybridized carbons (Fsp3) is 0.273. The molecule has 0 heterocycles. The summed E-state index contributed by atoms with van der Waals surface area (Å²) in [4.78, 5) is 15.2. The first-order chi connectivity index (χ1) is 8.47. The molecule has 0 spiro atoms. The lowest BCUT2D eigenvalue weighted by Gasteiger charge is -2.12. The van der Waals surface area contributed by atoms with Crippen molar-refractivity contribution in [1.29, 1.82) is 0 Å². The highest BCUT2D eigenvalue weighted by molar-refractivity contribution is 9.10. The summed E-state index contributed by atoms with van der Waals surface area (Å²) in [5.41, 5.74) is 6.57. The third-order valence-corrected chi connectivity index (χ3v) is 2.86. The van der Waals surface area contributed by atoms with Crippen molar-refractivity contribution in [2.24, 2.45) is 10.7 Å². The fourth-order valence-corrected chi connectivity index (χ4v) is 1.94. The van der Waals surface area contributed by atoms with Crippen LogP contribution in [0.25, 0.3) is 0 Å². The standard InChI is InChI=1S/C11H14BrFN4O/c1-3-6-4-7(13)5-8(12)9(6)16-11(18)17-10(14)15-2/h4-5H,3H2,1-2H3,(H4,14,15,16,17,18). The number of hydrogen-bond donors (Lipinski definition) is 3. The molecule has 0 unspecified atom stereocenters. The number of halogens is 2. The van der Waals surface area contributed by atoms with Gasteiger partial charge >= 0.3 is 6.03 Å². The Bertz CT molecular complexity index is 490.